The summed E-state index contributed by atoms with van der Waals surface area (Å²) in [5, 5.41) is 14.6. The third kappa shape index (κ3) is 3.82. The summed E-state index contributed by atoms with van der Waals surface area (Å²) in [4.78, 5) is 13.8. The number of thiophene rings is 1. The number of benzene rings is 1. The first kappa shape index (κ1) is 16.5. The molecule has 0 spiro atoms. The van der Waals surface area contributed by atoms with Crippen molar-refractivity contribution in [1.82, 2.24) is 20.2 Å². The van der Waals surface area contributed by atoms with Gasteiger partial charge in [0.1, 0.15) is 0 Å². The molecule has 0 saturated heterocycles. The maximum absolute atomic E-state index is 12.5. The van der Waals surface area contributed by atoms with Gasteiger partial charge < -0.3 is 0 Å². The summed E-state index contributed by atoms with van der Waals surface area (Å²) in [5.74, 6) is 0.491. The van der Waals surface area contributed by atoms with Crippen LogP contribution in [0.4, 0.5) is 0 Å². The van der Waals surface area contributed by atoms with Crippen molar-refractivity contribution < 1.29 is 4.79 Å². The van der Waals surface area contributed by atoms with Gasteiger partial charge >= 0.3 is 0 Å². The van der Waals surface area contributed by atoms with Crippen LogP contribution in [0.15, 0.2) is 40.9 Å². The molecule has 2 aromatic heterocycles. The van der Waals surface area contributed by atoms with Crippen molar-refractivity contribution in [2.75, 3.05) is 5.75 Å². The van der Waals surface area contributed by atoms with E-state index in [1.54, 1.807) is 16.0 Å². The van der Waals surface area contributed by atoms with E-state index >= 15 is 0 Å². The number of fused-ring (bicyclic) bond motifs is 1. The number of thioether (sulfide) groups is 1. The lowest BCUT2D eigenvalue weighted by molar-refractivity contribution is 0.102. The third-order valence-electron chi connectivity index (χ3n) is 4.40. The van der Waals surface area contributed by atoms with Crippen molar-refractivity contribution in [3.63, 3.8) is 0 Å². The highest BCUT2D eigenvalue weighted by Crippen LogP contribution is 2.24. The summed E-state index contributed by atoms with van der Waals surface area (Å²) in [6, 6.07) is 10.3. The fraction of sp³-hybridized carbons (Fsp3) is 0.333. The molecular weight excluding hydrogens is 352 g/mol. The summed E-state index contributed by atoms with van der Waals surface area (Å²) in [7, 11) is 0. The van der Waals surface area contributed by atoms with Gasteiger partial charge in [-0.3, -0.25) is 4.79 Å². The van der Waals surface area contributed by atoms with Crippen LogP contribution in [-0.4, -0.2) is 31.7 Å². The van der Waals surface area contributed by atoms with Gasteiger partial charge in [-0.25, -0.2) is 4.68 Å². The molecule has 0 bridgehead atoms. The first-order chi connectivity index (χ1) is 12.3. The Kier molecular flexibility index (Phi) is 4.94. The first-order valence-electron chi connectivity index (χ1n) is 8.36. The van der Waals surface area contributed by atoms with Gasteiger partial charge in [0.25, 0.3) is 0 Å². The van der Waals surface area contributed by atoms with Crippen LogP contribution >= 0.6 is 23.1 Å². The highest BCUT2D eigenvalue weighted by atomic mass is 32.2. The largest absolute Gasteiger partial charge is 0.293 e. The Labute approximate surface area is 154 Å². The van der Waals surface area contributed by atoms with Crippen molar-refractivity contribution >= 4 is 28.9 Å². The summed E-state index contributed by atoms with van der Waals surface area (Å²) >= 11 is 3.14. The van der Waals surface area contributed by atoms with Crippen molar-refractivity contribution in [1.29, 1.82) is 0 Å². The highest BCUT2D eigenvalue weighted by molar-refractivity contribution is 7.99. The van der Waals surface area contributed by atoms with Crippen LogP contribution < -0.4 is 0 Å². The second-order valence-electron chi connectivity index (χ2n) is 6.06. The average molecular weight is 371 g/mol. The molecule has 3 aromatic rings. The van der Waals surface area contributed by atoms with Gasteiger partial charge in [0.2, 0.25) is 5.16 Å². The van der Waals surface area contributed by atoms with E-state index in [9.17, 15) is 4.79 Å². The average Bonchev–Trinajstić information content (AvgIpc) is 3.38. The van der Waals surface area contributed by atoms with Gasteiger partial charge in [-0.1, -0.05) is 30.0 Å². The third-order valence-corrected chi connectivity index (χ3v) is 6.30. The number of Topliss-reactive ketones (excluding diaryl/α,β-unsaturated/α-hetero) is 1. The van der Waals surface area contributed by atoms with Crippen LogP contribution in [-0.2, 0) is 25.8 Å². The van der Waals surface area contributed by atoms with E-state index in [0.29, 0.717) is 10.9 Å². The standard InChI is InChI=1S/C18H18N4OS2/c23-17(15-7-6-13-3-1-4-14(13)11-15)12-25-18-19-20-21-22(18)9-8-16-5-2-10-24-16/h2,5-7,10-11H,1,3-4,8-9,12H2. The number of nitrogens with zero attached hydrogens (tertiary/aromatic N) is 4. The van der Waals surface area contributed by atoms with Gasteiger partial charge in [-0.2, -0.15) is 0 Å². The fourth-order valence-electron chi connectivity index (χ4n) is 3.07. The zero-order valence-electron chi connectivity index (χ0n) is 13.7. The number of ketones is 1. The number of carbonyl (C=O) groups is 1. The van der Waals surface area contributed by atoms with Gasteiger partial charge in [-0.15, -0.1) is 16.4 Å². The Morgan fingerprint density at radius 1 is 1.24 bits per heavy atom. The molecule has 0 aliphatic heterocycles. The molecule has 0 atom stereocenters. The molecule has 0 saturated carbocycles. The second kappa shape index (κ2) is 7.49. The molecule has 0 amide bonds. The van der Waals surface area contributed by atoms with E-state index in [0.717, 1.165) is 31.4 Å². The van der Waals surface area contributed by atoms with Crippen LogP contribution in [0.25, 0.3) is 0 Å². The lowest BCUT2D eigenvalue weighted by Crippen LogP contribution is -2.07. The number of hydrogen-bond acceptors (Lipinski definition) is 6. The predicted molar refractivity (Wildman–Crippen MR) is 99.4 cm³/mol. The number of rotatable bonds is 7. The van der Waals surface area contributed by atoms with Crippen LogP contribution in [0.5, 0.6) is 0 Å². The van der Waals surface area contributed by atoms with E-state index < -0.39 is 0 Å². The minimum absolute atomic E-state index is 0.132. The van der Waals surface area contributed by atoms with Crippen molar-refractivity contribution in [2.24, 2.45) is 0 Å². The van der Waals surface area contributed by atoms with Gasteiger partial charge in [0.05, 0.1) is 12.3 Å². The molecule has 1 aliphatic rings. The van der Waals surface area contributed by atoms with Crippen molar-refractivity contribution in [3.05, 3.63) is 57.3 Å². The smallest absolute Gasteiger partial charge is 0.209 e. The Balaban J connectivity index is 1.36. The zero-order chi connectivity index (χ0) is 17.1. The monoisotopic (exact) mass is 370 g/mol. The molecule has 0 N–H and O–H groups in total. The predicted octanol–water partition coefficient (Wildman–Crippen LogP) is 3.44. The molecule has 0 fully saturated rings. The number of aryl methyl sites for hydroxylation is 4. The van der Waals surface area contributed by atoms with E-state index in [1.165, 1.54) is 34.2 Å². The van der Waals surface area contributed by atoms with Gasteiger partial charge in [-0.05, 0) is 58.3 Å². The molecule has 5 nitrogen and oxygen atoms in total. The number of aromatic nitrogens is 4. The fourth-order valence-corrected chi connectivity index (χ4v) is 4.57. The summed E-state index contributed by atoms with van der Waals surface area (Å²) in [6.45, 7) is 0.725. The minimum atomic E-state index is 0.132. The molecule has 0 unspecified atom stereocenters. The lowest BCUT2D eigenvalue weighted by atomic mass is 10.0. The first-order valence-corrected chi connectivity index (χ1v) is 10.2. The van der Waals surface area contributed by atoms with Crippen LogP contribution in [0.3, 0.4) is 0 Å². The summed E-state index contributed by atoms with van der Waals surface area (Å²) < 4.78 is 1.78. The number of carbonyl (C=O) groups excluding carboxylic acids is 1. The summed E-state index contributed by atoms with van der Waals surface area (Å²) in [5.41, 5.74) is 3.52. The SMILES string of the molecule is O=C(CSc1nnnn1CCc1cccs1)c1ccc2c(c1)CCC2. The van der Waals surface area contributed by atoms with E-state index in [1.807, 2.05) is 12.1 Å². The Morgan fingerprint density at radius 3 is 3.04 bits per heavy atom. The van der Waals surface area contributed by atoms with Crippen molar-refractivity contribution in [2.45, 2.75) is 37.4 Å². The van der Waals surface area contributed by atoms with Crippen LogP contribution in [0.2, 0.25) is 0 Å². The number of hydrogen-bond donors (Lipinski definition) is 0. The quantitative estimate of drug-likeness (QED) is 0.471. The van der Waals surface area contributed by atoms with Gasteiger partial charge in [0, 0.05) is 16.9 Å². The van der Waals surface area contributed by atoms with Gasteiger partial charge in [0.15, 0.2) is 5.78 Å². The Bertz CT molecular complexity index is 873. The van der Waals surface area contributed by atoms with E-state index in [-0.39, 0.29) is 5.78 Å². The normalized spacial score (nSPS) is 13.1. The van der Waals surface area contributed by atoms with Crippen LogP contribution in [0, 0.1) is 0 Å². The Hall–Kier alpha value is -1.99. The lowest BCUT2D eigenvalue weighted by Gasteiger charge is -2.05. The maximum atomic E-state index is 12.5. The molecule has 7 heteroatoms. The molecular formula is C18H18N4OS2. The minimum Gasteiger partial charge on any atom is -0.293 e. The topological polar surface area (TPSA) is 60.7 Å². The second-order valence-corrected chi connectivity index (χ2v) is 8.04. The molecule has 4 rings (SSSR count). The van der Waals surface area contributed by atoms with Crippen molar-refractivity contribution in [3.8, 4) is 0 Å². The molecule has 1 aromatic carbocycles. The molecule has 0 radical (unpaired) electrons. The maximum Gasteiger partial charge on any atom is 0.209 e. The molecule has 25 heavy (non-hydrogen) atoms. The van der Waals surface area contributed by atoms with E-state index in [2.05, 4.69) is 39.1 Å². The Morgan fingerprint density at radius 2 is 2.16 bits per heavy atom. The summed E-state index contributed by atoms with van der Waals surface area (Å²) in [6.07, 6.45) is 4.32. The zero-order valence-corrected chi connectivity index (χ0v) is 15.4. The van der Waals surface area contributed by atoms with E-state index in [4.69, 9.17) is 0 Å². The number of tetrazole rings is 1. The molecule has 128 valence electrons. The molecule has 2 heterocycles. The molecule has 1 aliphatic carbocycles. The van der Waals surface area contributed by atoms with Crippen LogP contribution in [0.1, 0.15) is 32.8 Å². The highest BCUT2D eigenvalue weighted by Gasteiger charge is 2.15.